The van der Waals surface area contributed by atoms with Gasteiger partial charge in [0.2, 0.25) is 0 Å². The summed E-state index contributed by atoms with van der Waals surface area (Å²) in [5.41, 5.74) is 4.09. The van der Waals surface area contributed by atoms with E-state index in [1.807, 2.05) is 30.4 Å². The molecule has 24 heavy (non-hydrogen) atoms. The fraction of sp³-hybridized carbons (Fsp3) is 0.400. The van der Waals surface area contributed by atoms with Crippen molar-refractivity contribution >= 4 is 29.6 Å². The van der Waals surface area contributed by atoms with Gasteiger partial charge in [-0.15, -0.1) is 0 Å². The van der Waals surface area contributed by atoms with Gasteiger partial charge >= 0.3 is 0 Å². The van der Waals surface area contributed by atoms with E-state index in [0.717, 1.165) is 29.2 Å². The second kappa shape index (κ2) is 6.89. The average Bonchev–Trinajstić information content (AvgIpc) is 3.28. The minimum absolute atomic E-state index is 0.508. The third-order valence-electron chi connectivity index (χ3n) is 5.74. The third kappa shape index (κ3) is 3.16. The van der Waals surface area contributed by atoms with Gasteiger partial charge in [-0.2, -0.15) is 5.10 Å². The topological polar surface area (TPSA) is 36.4 Å². The number of nitrogens with one attached hydrogen (secondary N) is 2. The maximum atomic E-state index is 5.39. The number of thiocarbonyl (C=S) groups is 1. The summed E-state index contributed by atoms with van der Waals surface area (Å²) in [5.74, 6) is 3.32. The van der Waals surface area contributed by atoms with Gasteiger partial charge in [0.05, 0.1) is 0 Å². The van der Waals surface area contributed by atoms with Crippen LogP contribution < -0.4 is 10.7 Å². The molecule has 0 heterocycles. The van der Waals surface area contributed by atoms with Crippen molar-refractivity contribution in [2.45, 2.75) is 25.3 Å². The second-order valence-electron chi connectivity index (χ2n) is 7.04. The standard InChI is InChI=1S/C20H23N3S/c24-20(23-21-11-5-8-14-6-2-1-3-7-14)22-19-13-15-12-18(19)17-10-4-9-16(15)17/h1-8,10-11,15-19H,9,12-13H2,(H2,22,23,24)/b8-5+,21-11-/t15-,16+,17-,18-,19+/m1/s1. The molecule has 4 heteroatoms. The van der Waals surface area contributed by atoms with Crippen LogP contribution in [0.25, 0.3) is 6.08 Å². The molecule has 0 amide bonds. The minimum Gasteiger partial charge on any atom is -0.358 e. The van der Waals surface area contributed by atoms with Crippen molar-refractivity contribution in [3.05, 3.63) is 54.1 Å². The maximum Gasteiger partial charge on any atom is 0.187 e. The lowest BCUT2D eigenvalue weighted by Gasteiger charge is -2.32. The number of fused-ring (bicyclic) bond motifs is 5. The van der Waals surface area contributed by atoms with Gasteiger partial charge in [-0.05, 0) is 66.8 Å². The molecule has 4 rings (SSSR count). The predicted molar refractivity (Wildman–Crippen MR) is 104 cm³/mol. The maximum absolute atomic E-state index is 5.39. The summed E-state index contributed by atoms with van der Waals surface area (Å²) in [4.78, 5) is 0. The van der Waals surface area contributed by atoms with Crippen LogP contribution in [0.3, 0.4) is 0 Å². The van der Waals surface area contributed by atoms with E-state index in [1.165, 1.54) is 19.3 Å². The number of hydrogen-bond donors (Lipinski definition) is 2. The van der Waals surface area contributed by atoms with E-state index in [1.54, 1.807) is 6.21 Å². The molecule has 0 spiro atoms. The lowest BCUT2D eigenvalue weighted by molar-refractivity contribution is 0.246. The number of allylic oxidation sites excluding steroid dienone is 3. The smallest absolute Gasteiger partial charge is 0.187 e. The van der Waals surface area contributed by atoms with Crippen LogP contribution in [0.5, 0.6) is 0 Å². The molecule has 0 aromatic heterocycles. The first kappa shape index (κ1) is 15.6. The second-order valence-corrected chi connectivity index (χ2v) is 7.45. The van der Waals surface area contributed by atoms with Gasteiger partial charge < -0.3 is 5.32 Å². The summed E-state index contributed by atoms with van der Waals surface area (Å²) in [6.07, 6.45) is 14.4. The van der Waals surface area contributed by atoms with Crippen LogP contribution in [0.15, 0.2) is 53.7 Å². The first-order chi connectivity index (χ1) is 11.8. The van der Waals surface area contributed by atoms with Crippen LogP contribution in [-0.4, -0.2) is 17.4 Å². The molecule has 0 saturated heterocycles. The van der Waals surface area contributed by atoms with Crippen LogP contribution in [0.2, 0.25) is 0 Å². The van der Waals surface area contributed by atoms with Gasteiger partial charge in [-0.25, -0.2) is 0 Å². The SMILES string of the molecule is S=C(N/N=C\C=C\c1ccccc1)N[C@H]1C[C@H]2C[C@@H]1[C@@H]1C=CC[C@@H]21. The van der Waals surface area contributed by atoms with Crippen molar-refractivity contribution in [2.75, 3.05) is 0 Å². The Morgan fingerprint density at radius 1 is 1.17 bits per heavy atom. The third-order valence-corrected chi connectivity index (χ3v) is 5.95. The molecular weight excluding hydrogens is 314 g/mol. The number of hydrogen-bond acceptors (Lipinski definition) is 2. The molecule has 5 atom stereocenters. The zero-order chi connectivity index (χ0) is 16.4. The first-order valence-corrected chi connectivity index (χ1v) is 9.20. The largest absolute Gasteiger partial charge is 0.358 e. The molecular formula is C20H23N3S. The van der Waals surface area contributed by atoms with Crippen LogP contribution in [-0.2, 0) is 0 Å². The Hall–Kier alpha value is -1.94. The van der Waals surface area contributed by atoms with Gasteiger partial charge in [0.25, 0.3) is 0 Å². The Bertz CT molecular complexity index is 679. The van der Waals surface area contributed by atoms with Crippen molar-refractivity contribution < 1.29 is 0 Å². The molecule has 2 bridgehead atoms. The summed E-state index contributed by atoms with van der Waals surface area (Å²) in [7, 11) is 0. The monoisotopic (exact) mass is 337 g/mol. The normalized spacial score (nSPS) is 33.4. The Labute approximate surface area is 148 Å². The van der Waals surface area contributed by atoms with Crippen LogP contribution in [0.4, 0.5) is 0 Å². The van der Waals surface area contributed by atoms with Crippen molar-refractivity contribution in [2.24, 2.45) is 28.8 Å². The summed E-state index contributed by atoms with van der Waals surface area (Å²) in [6.45, 7) is 0. The van der Waals surface area contributed by atoms with E-state index >= 15 is 0 Å². The Morgan fingerprint density at radius 2 is 2.04 bits per heavy atom. The quantitative estimate of drug-likeness (QED) is 0.380. The number of nitrogens with zero attached hydrogens (tertiary/aromatic N) is 1. The number of hydrazone groups is 1. The van der Waals surface area contributed by atoms with E-state index in [9.17, 15) is 0 Å². The molecule has 1 aromatic carbocycles. The van der Waals surface area contributed by atoms with Crippen molar-refractivity contribution in [3.63, 3.8) is 0 Å². The van der Waals surface area contributed by atoms with E-state index in [-0.39, 0.29) is 0 Å². The zero-order valence-electron chi connectivity index (χ0n) is 13.6. The lowest BCUT2D eigenvalue weighted by Crippen LogP contribution is -2.45. The summed E-state index contributed by atoms with van der Waals surface area (Å²) < 4.78 is 0. The Balaban J connectivity index is 1.24. The number of benzene rings is 1. The van der Waals surface area contributed by atoms with Crippen molar-refractivity contribution in [3.8, 4) is 0 Å². The van der Waals surface area contributed by atoms with Gasteiger partial charge in [0.15, 0.2) is 5.11 Å². The van der Waals surface area contributed by atoms with Crippen LogP contribution in [0.1, 0.15) is 24.8 Å². The highest BCUT2D eigenvalue weighted by molar-refractivity contribution is 7.80. The van der Waals surface area contributed by atoms with E-state index in [0.29, 0.717) is 11.2 Å². The summed E-state index contributed by atoms with van der Waals surface area (Å²) in [5, 5.41) is 8.29. The molecule has 2 fully saturated rings. The summed E-state index contributed by atoms with van der Waals surface area (Å²) in [6, 6.07) is 10.7. The minimum atomic E-state index is 0.508. The molecule has 0 aliphatic heterocycles. The van der Waals surface area contributed by atoms with E-state index in [2.05, 4.69) is 40.1 Å². The highest BCUT2D eigenvalue weighted by atomic mass is 32.1. The summed E-state index contributed by atoms with van der Waals surface area (Å²) >= 11 is 5.39. The van der Waals surface area contributed by atoms with Gasteiger partial charge in [-0.1, -0.05) is 48.6 Å². The molecule has 1 aromatic rings. The molecule has 0 radical (unpaired) electrons. The predicted octanol–water partition coefficient (Wildman–Crippen LogP) is 3.75. The first-order valence-electron chi connectivity index (χ1n) is 8.79. The van der Waals surface area contributed by atoms with Crippen molar-refractivity contribution in [1.82, 2.24) is 10.7 Å². The van der Waals surface area contributed by atoms with Gasteiger partial charge in [-0.3, -0.25) is 5.43 Å². The Morgan fingerprint density at radius 3 is 2.92 bits per heavy atom. The number of rotatable bonds is 4. The van der Waals surface area contributed by atoms with Crippen molar-refractivity contribution in [1.29, 1.82) is 0 Å². The molecule has 3 aliphatic rings. The lowest BCUT2D eigenvalue weighted by atomic mass is 9.79. The van der Waals surface area contributed by atoms with Gasteiger partial charge in [0.1, 0.15) is 0 Å². The average molecular weight is 337 g/mol. The fourth-order valence-electron chi connectivity index (χ4n) is 4.77. The molecule has 2 N–H and O–H groups in total. The highest BCUT2D eigenvalue weighted by Crippen LogP contribution is 2.56. The molecule has 124 valence electrons. The Kier molecular flexibility index (Phi) is 4.48. The molecule has 0 unspecified atom stereocenters. The zero-order valence-corrected chi connectivity index (χ0v) is 14.5. The molecule has 3 nitrogen and oxygen atoms in total. The molecule has 2 saturated carbocycles. The highest BCUT2D eigenvalue weighted by Gasteiger charge is 2.52. The van der Waals surface area contributed by atoms with Crippen LogP contribution >= 0.6 is 12.2 Å². The van der Waals surface area contributed by atoms with Gasteiger partial charge in [0, 0.05) is 12.3 Å². The van der Waals surface area contributed by atoms with Crippen LogP contribution in [0, 0.1) is 23.7 Å². The van der Waals surface area contributed by atoms with E-state index < -0.39 is 0 Å². The van der Waals surface area contributed by atoms with E-state index in [4.69, 9.17) is 12.2 Å². The fourth-order valence-corrected chi connectivity index (χ4v) is 4.97. The molecule has 3 aliphatic carbocycles.